The van der Waals surface area contributed by atoms with Crippen molar-refractivity contribution in [2.45, 2.75) is 18.2 Å². The zero-order valence-electron chi connectivity index (χ0n) is 16.6. The van der Waals surface area contributed by atoms with Gasteiger partial charge in [0.05, 0.1) is 16.3 Å². The first-order valence-corrected chi connectivity index (χ1v) is 11.6. The standard InChI is InChI=1S/C19H17N7O4S2/c1-2-15-21-23-19(31-15)25-32(29,30)14-10-8-12(9-11-14)20-22-16-17(27)24-26(18(16)28)13-6-4-3-5-7-13/h3-11,28H,2H2,1H3,(H,23,25)(H,24,27). The Morgan fingerprint density at radius 1 is 1.09 bits per heavy atom. The van der Waals surface area contributed by atoms with E-state index in [9.17, 15) is 18.3 Å². The van der Waals surface area contributed by atoms with Crippen LogP contribution in [0.2, 0.25) is 0 Å². The molecule has 164 valence electrons. The number of anilines is 1. The van der Waals surface area contributed by atoms with Crippen molar-refractivity contribution in [2.75, 3.05) is 4.72 Å². The molecule has 0 aliphatic rings. The molecular formula is C19H17N7O4S2. The topological polar surface area (TPSA) is 155 Å². The lowest BCUT2D eigenvalue weighted by atomic mass is 10.3. The number of para-hydroxylation sites is 1. The van der Waals surface area contributed by atoms with Crippen molar-refractivity contribution in [1.29, 1.82) is 0 Å². The summed E-state index contributed by atoms with van der Waals surface area (Å²) in [6.45, 7) is 1.90. The highest BCUT2D eigenvalue weighted by Gasteiger charge is 2.17. The van der Waals surface area contributed by atoms with Crippen LogP contribution in [0, 0.1) is 0 Å². The number of azo groups is 1. The van der Waals surface area contributed by atoms with Gasteiger partial charge in [-0.2, -0.15) is 5.11 Å². The first-order valence-electron chi connectivity index (χ1n) is 9.34. The van der Waals surface area contributed by atoms with Crippen LogP contribution in [0.3, 0.4) is 0 Å². The molecule has 0 atom stereocenters. The number of sulfonamides is 1. The minimum Gasteiger partial charge on any atom is -0.492 e. The lowest BCUT2D eigenvalue weighted by Crippen LogP contribution is -2.12. The average molecular weight is 472 g/mol. The Morgan fingerprint density at radius 2 is 1.81 bits per heavy atom. The number of aromatic nitrogens is 4. The number of nitrogens with one attached hydrogen (secondary N) is 2. The molecule has 11 nitrogen and oxygen atoms in total. The summed E-state index contributed by atoms with van der Waals surface area (Å²) < 4.78 is 28.6. The van der Waals surface area contributed by atoms with E-state index in [2.05, 4.69) is 30.2 Å². The largest absolute Gasteiger partial charge is 0.492 e. The van der Waals surface area contributed by atoms with Gasteiger partial charge in [0.25, 0.3) is 15.6 Å². The molecular weight excluding hydrogens is 454 g/mol. The third-order valence-electron chi connectivity index (χ3n) is 4.27. The van der Waals surface area contributed by atoms with Gasteiger partial charge in [-0.25, -0.2) is 13.1 Å². The number of nitrogens with zero attached hydrogens (tertiary/aromatic N) is 5. The molecule has 0 radical (unpaired) electrons. The van der Waals surface area contributed by atoms with Crippen LogP contribution in [0.4, 0.5) is 16.5 Å². The summed E-state index contributed by atoms with van der Waals surface area (Å²) >= 11 is 1.16. The van der Waals surface area contributed by atoms with Crippen LogP contribution in [0.1, 0.15) is 11.9 Å². The number of aromatic hydroxyl groups is 1. The van der Waals surface area contributed by atoms with Gasteiger partial charge in [0, 0.05) is 0 Å². The van der Waals surface area contributed by atoms with E-state index in [-0.39, 0.29) is 15.7 Å². The first kappa shape index (κ1) is 21.4. The van der Waals surface area contributed by atoms with Gasteiger partial charge >= 0.3 is 0 Å². The number of hydrogen-bond acceptors (Lipinski definition) is 9. The van der Waals surface area contributed by atoms with Gasteiger partial charge in [0.2, 0.25) is 16.7 Å². The fraction of sp³-hybridized carbons (Fsp3) is 0.105. The van der Waals surface area contributed by atoms with E-state index in [0.29, 0.717) is 17.8 Å². The summed E-state index contributed by atoms with van der Waals surface area (Å²) in [5, 5.41) is 29.1. The van der Waals surface area contributed by atoms with Gasteiger partial charge in [-0.1, -0.05) is 36.5 Å². The van der Waals surface area contributed by atoms with E-state index in [4.69, 9.17) is 0 Å². The highest BCUT2D eigenvalue weighted by molar-refractivity contribution is 7.93. The van der Waals surface area contributed by atoms with Crippen LogP contribution in [0.5, 0.6) is 5.88 Å². The van der Waals surface area contributed by atoms with Gasteiger partial charge in [-0.3, -0.25) is 14.6 Å². The third kappa shape index (κ3) is 4.43. The summed E-state index contributed by atoms with van der Waals surface area (Å²) in [5.41, 5.74) is -0.0521. The van der Waals surface area contributed by atoms with Crippen molar-refractivity contribution < 1.29 is 13.5 Å². The predicted octanol–water partition coefficient (Wildman–Crippen LogP) is 3.50. The van der Waals surface area contributed by atoms with E-state index in [0.717, 1.165) is 16.3 Å². The van der Waals surface area contributed by atoms with Crippen LogP contribution in [0.25, 0.3) is 5.69 Å². The van der Waals surface area contributed by atoms with E-state index >= 15 is 0 Å². The van der Waals surface area contributed by atoms with Gasteiger partial charge in [0.1, 0.15) is 5.01 Å². The number of benzene rings is 2. The fourth-order valence-electron chi connectivity index (χ4n) is 2.68. The number of H-pyrrole nitrogens is 1. The van der Waals surface area contributed by atoms with E-state index in [1.165, 1.54) is 28.9 Å². The van der Waals surface area contributed by atoms with Crippen molar-refractivity contribution in [2.24, 2.45) is 10.2 Å². The Bertz CT molecular complexity index is 1420. The molecule has 0 spiro atoms. The lowest BCUT2D eigenvalue weighted by Gasteiger charge is -2.04. The number of aromatic amines is 1. The molecule has 0 fully saturated rings. The Hall–Kier alpha value is -3.84. The molecule has 0 saturated carbocycles. The lowest BCUT2D eigenvalue weighted by molar-refractivity contribution is 0.434. The zero-order chi connectivity index (χ0) is 22.7. The first-order chi connectivity index (χ1) is 15.4. The number of aryl methyl sites for hydroxylation is 1. The highest BCUT2D eigenvalue weighted by atomic mass is 32.2. The molecule has 2 aromatic heterocycles. The molecule has 4 rings (SSSR count). The van der Waals surface area contributed by atoms with Crippen LogP contribution < -0.4 is 10.3 Å². The van der Waals surface area contributed by atoms with Crippen molar-refractivity contribution >= 4 is 37.9 Å². The molecule has 2 heterocycles. The summed E-state index contributed by atoms with van der Waals surface area (Å²) in [4.78, 5) is 12.2. The molecule has 13 heteroatoms. The highest BCUT2D eigenvalue weighted by Crippen LogP contribution is 2.27. The van der Waals surface area contributed by atoms with Crippen LogP contribution >= 0.6 is 11.3 Å². The Labute approximate surface area is 186 Å². The molecule has 0 unspecified atom stereocenters. The number of rotatable bonds is 7. The van der Waals surface area contributed by atoms with Crippen LogP contribution in [-0.4, -0.2) is 33.5 Å². The molecule has 0 bridgehead atoms. The smallest absolute Gasteiger partial charge is 0.296 e. The van der Waals surface area contributed by atoms with Gasteiger partial charge in [0.15, 0.2) is 0 Å². The van der Waals surface area contributed by atoms with Crippen molar-refractivity contribution in [1.82, 2.24) is 20.0 Å². The molecule has 0 aliphatic carbocycles. The molecule has 32 heavy (non-hydrogen) atoms. The van der Waals surface area contributed by atoms with Gasteiger partial charge in [-0.05, 0) is 42.8 Å². The summed E-state index contributed by atoms with van der Waals surface area (Å²) in [5.74, 6) is -0.392. The van der Waals surface area contributed by atoms with E-state index < -0.39 is 21.5 Å². The normalized spacial score (nSPS) is 11.8. The summed E-state index contributed by atoms with van der Waals surface area (Å²) in [7, 11) is -3.85. The minimum absolute atomic E-state index is 0.000577. The second-order valence-electron chi connectivity index (χ2n) is 6.44. The summed E-state index contributed by atoms with van der Waals surface area (Å²) in [6, 6.07) is 14.3. The monoisotopic (exact) mass is 471 g/mol. The maximum Gasteiger partial charge on any atom is 0.296 e. The van der Waals surface area contributed by atoms with Gasteiger partial charge in [-0.15, -0.1) is 15.3 Å². The fourth-order valence-corrected chi connectivity index (χ4v) is 4.59. The Morgan fingerprint density at radius 3 is 2.47 bits per heavy atom. The molecule has 0 amide bonds. The second-order valence-corrected chi connectivity index (χ2v) is 9.18. The molecule has 0 saturated heterocycles. The van der Waals surface area contributed by atoms with Gasteiger partial charge < -0.3 is 5.11 Å². The second kappa shape index (κ2) is 8.72. The summed E-state index contributed by atoms with van der Waals surface area (Å²) in [6.07, 6.45) is 0.659. The maximum absolute atomic E-state index is 12.5. The average Bonchev–Trinajstić information content (AvgIpc) is 3.36. The number of hydrogen-bond donors (Lipinski definition) is 3. The molecule has 0 aliphatic heterocycles. The Balaban J connectivity index is 1.53. The van der Waals surface area contributed by atoms with Crippen molar-refractivity contribution in [3.8, 4) is 11.6 Å². The quantitative estimate of drug-likeness (QED) is 0.350. The molecule has 3 N–H and O–H groups in total. The third-order valence-corrected chi connectivity index (χ3v) is 6.74. The minimum atomic E-state index is -3.85. The Kier molecular flexibility index (Phi) is 5.83. The van der Waals surface area contributed by atoms with Crippen molar-refractivity contribution in [3.63, 3.8) is 0 Å². The van der Waals surface area contributed by atoms with Crippen LogP contribution in [-0.2, 0) is 16.4 Å². The molecule has 2 aromatic carbocycles. The zero-order valence-corrected chi connectivity index (χ0v) is 18.3. The molecule has 4 aromatic rings. The predicted molar refractivity (Wildman–Crippen MR) is 119 cm³/mol. The SMILES string of the molecule is CCc1nnc(NS(=O)(=O)c2ccc(N=Nc3c(O)n(-c4ccccc4)[nH]c3=O)cc2)s1. The van der Waals surface area contributed by atoms with E-state index in [1.54, 1.807) is 30.3 Å². The maximum atomic E-state index is 12.5. The van der Waals surface area contributed by atoms with Crippen molar-refractivity contribution in [3.05, 3.63) is 70.0 Å². The van der Waals surface area contributed by atoms with Crippen LogP contribution in [0.15, 0.2) is 74.5 Å². The van der Waals surface area contributed by atoms with E-state index in [1.807, 2.05) is 6.92 Å².